The number of imide groups is 1. The van der Waals surface area contributed by atoms with Crippen molar-refractivity contribution in [3.8, 4) is 0 Å². The van der Waals surface area contributed by atoms with Gasteiger partial charge in [0, 0.05) is 29.8 Å². The fourth-order valence-corrected chi connectivity index (χ4v) is 3.09. The van der Waals surface area contributed by atoms with Crippen LogP contribution in [0.15, 0.2) is 24.3 Å². The summed E-state index contributed by atoms with van der Waals surface area (Å²) < 4.78 is 0. The largest absolute Gasteiger partial charge is 0.329 e. The Bertz CT molecular complexity index is 627. The fourth-order valence-electron chi connectivity index (χ4n) is 2.90. The first-order valence-corrected chi connectivity index (χ1v) is 7.84. The zero-order chi connectivity index (χ0) is 16.4. The van der Waals surface area contributed by atoms with Crippen LogP contribution in [0, 0.1) is 0 Å². The first-order chi connectivity index (χ1) is 11.0. The van der Waals surface area contributed by atoms with Gasteiger partial charge in [0.05, 0.1) is 6.54 Å². The van der Waals surface area contributed by atoms with Crippen molar-refractivity contribution >= 4 is 35.3 Å². The molecule has 0 atom stereocenters. The zero-order valence-electron chi connectivity index (χ0n) is 12.4. The molecule has 3 rings (SSSR count). The van der Waals surface area contributed by atoms with Gasteiger partial charge < -0.3 is 15.5 Å². The molecule has 2 saturated heterocycles. The van der Waals surface area contributed by atoms with E-state index in [1.165, 1.54) is 4.90 Å². The SMILES string of the molecule is O=C(Nc1cccc(Cl)c1)N1CCC(N2C(=O)CNC2=O)CC1. The minimum Gasteiger partial charge on any atom is -0.329 e. The third kappa shape index (κ3) is 3.39. The van der Waals surface area contributed by atoms with Crippen LogP contribution in [0.25, 0.3) is 0 Å². The van der Waals surface area contributed by atoms with E-state index in [4.69, 9.17) is 11.6 Å². The number of hydrogen-bond acceptors (Lipinski definition) is 3. The maximum Gasteiger partial charge on any atom is 0.324 e. The molecule has 0 radical (unpaired) electrons. The highest BCUT2D eigenvalue weighted by molar-refractivity contribution is 6.30. The van der Waals surface area contributed by atoms with Crippen LogP contribution in [0.3, 0.4) is 0 Å². The number of anilines is 1. The van der Waals surface area contributed by atoms with E-state index in [0.717, 1.165) is 0 Å². The highest BCUT2D eigenvalue weighted by Gasteiger charge is 2.37. The van der Waals surface area contributed by atoms with Crippen LogP contribution in [0.5, 0.6) is 0 Å². The lowest BCUT2D eigenvalue weighted by atomic mass is 10.0. The van der Waals surface area contributed by atoms with Gasteiger partial charge in [0.2, 0.25) is 5.91 Å². The molecule has 0 aromatic heterocycles. The Morgan fingerprint density at radius 2 is 2.00 bits per heavy atom. The number of nitrogens with zero attached hydrogens (tertiary/aromatic N) is 2. The quantitative estimate of drug-likeness (QED) is 0.809. The molecule has 8 heteroatoms. The summed E-state index contributed by atoms with van der Waals surface area (Å²) in [5, 5.41) is 5.87. The predicted octanol–water partition coefficient (Wildman–Crippen LogP) is 1.89. The van der Waals surface area contributed by atoms with Crippen molar-refractivity contribution in [2.24, 2.45) is 0 Å². The summed E-state index contributed by atoms with van der Waals surface area (Å²) in [6, 6.07) is 6.27. The number of urea groups is 2. The Kier molecular flexibility index (Phi) is 4.38. The van der Waals surface area contributed by atoms with Gasteiger partial charge in [0.1, 0.15) is 0 Å². The third-order valence-corrected chi connectivity index (χ3v) is 4.31. The second-order valence-corrected chi connectivity index (χ2v) is 6.02. The average Bonchev–Trinajstić information content (AvgIpc) is 2.86. The van der Waals surface area contributed by atoms with Crippen LogP contribution >= 0.6 is 11.6 Å². The van der Waals surface area contributed by atoms with Gasteiger partial charge in [0.25, 0.3) is 0 Å². The summed E-state index contributed by atoms with van der Waals surface area (Å²) in [7, 11) is 0. The molecular formula is C15H17ClN4O3. The molecule has 0 unspecified atom stereocenters. The lowest BCUT2D eigenvalue weighted by Crippen LogP contribution is -2.49. The predicted molar refractivity (Wildman–Crippen MR) is 85.3 cm³/mol. The molecule has 1 aromatic carbocycles. The van der Waals surface area contributed by atoms with Crippen molar-refractivity contribution in [1.82, 2.24) is 15.1 Å². The van der Waals surface area contributed by atoms with Crippen molar-refractivity contribution in [3.63, 3.8) is 0 Å². The van der Waals surface area contributed by atoms with E-state index in [2.05, 4.69) is 10.6 Å². The van der Waals surface area contributed by atoms with E-state index in [0.29, 0.717) is 36.6 Å². The average molecular weight is 337 g/mol. The molecule has 0 aliphatic carbocycles. The Labute approximate surface area is 138 Å². The summed E-state index contributed by atoms with van der Waals surface area (Å²) >= 11 is 5.89. The van der Waals surface area contributed by atoms with Gasteiger partial charge in [-0.05, 0) is 31.0 Å². The van der Waals surface area contributed by atoms with Crippen molar-refractivity contribution in [1.29, 1.82) is 0 Å². The Balaban J connectivity index is 1.55. The van der Waals surface area contributed by atoms with Crippen molar-refractivity contribution < 1.29 is 14.4 Å². The van der Waals surface area contributed by atoms with Crippen molar-refractivity contribution in [3.05, 3.63) is 29.3 Å². The fraction of sp³-hybridized carbons (Fsp3) is 0.400. The van der Waals surface area contributed by atoms with Crippen molar-refractivity contribution in [2.45, 2.75) is 18.9 Å². The molecule has 2 fully saturated rings. The van der Waals surface area contributed by atoms with Crippen LogP contribution in [0.4, 0.5) is 15.3 Å². The molecule has 2 aliphatic rings. The number of likely N-dealkylation sites (tertiary alicyclic amines) is 1. The number of piperidine rings is 1. The van der Waals surface area contributed by atoms with Crippen LogP contribution in [0.2, 0.25) is 5.02 Å². The summed E-state index contributed by atoms with van der Waals surface area (Å²) in [4.78, 5) is 38.6. The Hall–Kier alpha value is -2.28. The topological polar surface area (TPSA) is 81.8 Å². The van der Waals surface area contributed by atoms with Crippen LogP contribution < -0.4 is 10.6 Å². The van der Waals surface area contributed by atoms with E-state index in [1.807, 2.05) is 0 Å². The van der Waals surface area contributed by atoms with E-state index in [-0.39, 0.29) is 30.6 Å². The molecular weight excluding hydrogens is 320 g/mol. The molecule has 23 heavy (non-hydrogen) atoms. The van der Waals surface area contributed by atoms with E-state index >= 15 is 0 Å². The van der Waals surface area contributed by atoms with Crippen LogP contribution in [0.1, 0.15) is 12.8 Å². The highest BCUT2D eigenvalue weighted by Crippen LogP contribution is 2.20. The summed E-state index contributed by atoms with van der Waals surface area (Å²) in [6.07, 6.45) is 1.17. The number of carbonyl (C=O) groups is 3. The van der Waals surface area contributed by atoms with Gasteiger partial charge >= 0.3 is 12.1 Å². The molecule has 2 heterocycles. The Morgan fingerprint density at radius 1 is 1.26 bits per heavy atom. The number of halogens is 1. The van der Waals surface area contributed by atoms with Gasteiger partial charge in [-0.15, -0.1) is 0 Å². The minimum absolute atomic E-state index is 0.0638. The van der Waals surface area contributed by atoms with Gasteiger partial charge in [-0.3, -0.25) is 9.69 Å². The first kappa shape index (κ1) is 15.6. The highest BCUT2D eigenvalue weighted by atomic mass is 35.5. The summed E-state index contributed by atoms with van der Waals surface area (Å²) in [5.74, 6) is -0.197. The third-order valence-electron chi connectivity index (χ3n) is 4.07. The van der Waals surface area contributed by atoms with Crippen molar-refractivity contribution in [2.75, 3.05) is 25.0 Å². The van der Waals surface area contributed by atoms with Gasteiger partial charge in [0.15, 0.2) is 0 Å². The molecule has 122 valence electrons. The Morgan fingerprint density at radius 3 is 2.61 bits per heavy atom. The molecule has 7 nitrogen and oxygen atoms in total. The zero-order valence-corrected chi connectivity index (χ0v) is 13.2. The lowest BCUT2D eigenvalue weighted by molar-refractivity contribution is -0.127. The van der Waals surface area contributed by atoms with E-state index in [1.54, 1.807) is 29.2 Å². The molecule has 2 aliphatic heterocycles. The standard InChI is InChI=1S/C15H17ClN4O3/c16-10-2-1-3-11(8-10)18-15(23)19-6-4-12(5-7-19)20-13(21)9-17-14(20)22/h1-3,8,12H,4-7,9H2,(H,17,22)(H,18,23). The van der Waals surface area contributed by atoms with Crippen LogP contribution in [-0.4, -0.2) is 53.4 Å². The summed E-state index contributed by atoms with van der Waals surface area (Å²) in [5.41, 5.74) is 0.638. The molecule has 5 amide bonds. The number of amides is 5. The van der Waals surface area contributed by atoms with E-state index in [9.17, 15) is 14.4 Å². The number of rotatable bonds is 2. The van der Waals surface area contributed by atoms with Gasteiger partial charge in [-0.2, -0.15) is 0 Å². The molecule has 0 saturated carbocycles. The number of hydrogen-bond donors (Lipinski definition) is 2. The van der Waals surface area contributed by atoms with E-state index < -0.39 is 0 Å². The van der Waals surface area contributed by atoms with Gasteiger partial charge in [-0.1, -0.05) is 17.7 Å². The molecule has 1 aromatic rings. The van der Waals surface area contributed by atoms with Gasteiger partial charge in [-0.25, -0.2) is 9.59 Å². The number of carbonyl (C=O) groups excluding carboxylic acids is 3. The maximum absolute atomic E-state index is 12.2. The molecule has 0 bridgehead atoms. The second kappa shape index (κ2) is 6.45. The first-order valence-electron chi connectivity index (χ1n) is 7.46. The lowest BCUT2D eigenvalue weighted by Gasteiger charge is -2.35. The monoisotopic (exact) mass is 336 g/mol. The smallest absolute Gasteiger partial charge is 0.324 e. The summed E-state index contributed by atoms with van der Waals surface area (Å²) in [6.45, 7) is 1.05. The maximum atomic E-state index is 12.2. The minimum atomic E-state index is -0.336. The normalized spacial score (nSPS) is 19.0. The molecule has 0 spiro atoms. The van der Waals surface area contributed by atoms with Crippen LogP contribution in [-0.2, 0) is 4.79 Å². The number of nitrogens with one attached hydrogen (secondary N) is 2. The number of benzene rings is 1. The second-order valence-electron chi connectivity index (χ2n) is 5.58. The molecule has 2 N–H and O–H groups in total.